The van der Waals surface area contributed by atoms with Crippen molar-refractivity contribution in [2.24, 2.45) is 0 Å². The summed E-state index contributed by atoms with van der Waals surface area (Å²) in [6.07, 6.45) is 5.77. The molecule has 0 spiro atoms. The van der Waals surface area contributed by atoms with Crippen LogP contribution in [0.2, 0.25) is 5.02 Å². The summed E-state index contributed by atoms with van der Waals surface area (Å²) in [6.45, 7) is 0.952. The first-order valence-corrected chi connectivity index (χ1v) is 16.0. The van der Waals surface area contributed by atoms with E-state index in [0.29, 0.717) is 29.8 Å². The summed E-state index contributed by atoms with van der Waals surface area (Å²) in [5.41, 5.74) is 7.62. The molecular weight excluding hydrogens is 598 g/mol. The Morgan fingerprint density at radius 3 is 2.41 bits per heavy atom. The van der Waals surface area contributed by atoms with Crippen LogP contribution in [-0.4, -0.2) is 45.9 Å². The Bertz CT molecular complexity index is 2050. The topological polar surface area (TPSA) is 86.5 Å². The molecule has 0 aliphatic heterocycles. The minimum atomic E-state index is -0.949. The van der Waals surface area contributed by atoms with Crippen molar-refractivity contribution in [2.45, 2.75) is 38.1 Å². The van der Waals surface area contributed by atoms with Gasteiger partial charge in [-0.2, -0.15) is 0 Å². The first kappa shape index (κ1) is 30.0. The van der Waals surface area contributed by atoms with Crippen LogP contribution in [0.4, 0.5) is 0 Å². The number of carboxylic acids is 1. The van der Waals surface area contributed by atoms with Gasteiger partial charge in [-0.15, -0.1) is 0 Å². The largest absolute Gasteiger partial charge is 0.491 e. The minimum absolute atomic E-state index is 0.244. The van der Waals surface area contributed by atoms with Crippen LogP contribution in [0.3, 0.4) is 0 Å². The van der Waals surface area contributed by atoms with E-state index >= 15 is 0 Å². The fourth-order valence-electron chi connectivity index (χ4n) is 6.51. The molecule has 2 heterocycles. The van der Waals surface area contributed by atoms with Gasteiger partial charge in [0.15, 0.2) is 0 Å². The lowest BCUT2D eigenvalue weighted by Crippen LogP contribution is -2.14. The van der Waals surface area contributed by atoms with E-state index in [1.54, 1.807) is 19.2 Å². The maximum Gasteiger partial charge on any atom is 0.335 e. The Morgan fingerprint density at radius 2 is 1.63 bits per heavy atom. The Labute approximate surface area is 272 Å². The summed E-state index contributed by atoms with van der Waals surface area (Å²) in [4.78, 5) is 21.8. The molecule has 0 radical (unpaired) electrons. The number of aromatic carboxylic acids is 1. The Hall–Kier alpha value is -4.72. The van der Waals surface area contributed by atoms with Gasteiger partial charge < -0.3 is 19.1 Å². The van der Waals surface area contributed by atoms with E-state index in [0.717, 1.165) is 68.8 Å². The molecule has 46 heavy (non-hydrogen) atoms. The number of methoxy groups -OCH3 is 1. The van der Waals surface area contributed by atoms with Crippen LogP contribution in [-0.2, 0) is 4.74 Å². The van der Waals surface area contributed by atoms with Gasteiger partial charge in [0.25, 0.3) is 0 Å². The first-order valence-electron chi connectivity index (χ1n) is 15.7. The molecular formula is C38H34ClN3O4. The van der Waals surface area contributed by atoms with Crippen molar-refractivity contribution in [3.63, 3.8) is 0 Å². The normalized spacial score (nSPS) is 13.8. The second-order valence-corrected chi connectivity index (χ2v) is 12.2. The second-order valence-electron chi connectivity index (χ2n) is 11.8. The van der Waals surface area contributed by atoms with Crippen molar-refractivity contribution in [1.29, 1.82) is 0 Å². The van der Waals surface area contributed by atoms with Crippen molar-refractivity contribution < 1.29 is 19.4 Å². The maximum absolute atomic E-state index is 11.7. The molecule has 1 aliphatic rings. The van der Waals surface area contributed by atoms with Gasteiger partial charge in [-0.25, -0.2) is 14.8 Å². The van der Waals surface area contributed by atoms with Gasteiger partial charge >= 0.3 is 5.97 Å². The van der Waals surface area contributed by atoms with E-state index in [4.69, 9.17) is 31.0 Å². The smallest absolute Gasteiger partial charge is 0.335 e. The fourth-order valence-corrected chi connectivity index (χ4v) is 6.63. The minimum Gasteiger partial charge on any atom is -0.491 e. The number of nitrogens with zero attached hydrogens (tertiary/aromatic N) is 3. The highest BCUT2D eigenvalue weighted by molar-refractivity contribution is 6.30. The highest BCUT2D eigenvalue weighted by atomic mass is 35.5. The summed E-state index contributed by atoms with van der Waals surface area (Å²) in [5.74, 6) is 0.658. The number of carboxylic acid groups (broad SMARTS) is 1. The van der Waals surface area contributed by atoms with Gasteiger partial charge in [-0.1, -0.05) is 55.1 Å². The molecule has 1 saturated carbocycles. The number of aromatic nitrogens is 3. The molecule has 1 fully saturated rings. The van der Waals surface area contributed by atoms with Crippen molar-refractivity contribution in [1.82, 2.24) is 14.5 Å². The predicted molar refractivity (Wildman–Crippen MR) is 183 cm³/mol. The third-order valence-corrected chi connectivity index (χ3v) is 9.05. The van der Waals surface area contributed by atoms with E-state index in [-0.39, 0.29) is 5.56 Å². The number of pyridine rings is 1. The number of hydrogen-bond acceptors (Lipinski definition) is 5. The van der Waals surface area contributed by atoms with Gasteiger partial charge in [0.1, 0.15) is 18.2 Å². The summed E-state index contributed by atoms with van der Waals surface area (Å²) >= 11 is 6.20. The second kappa shape index (κ2) is 12.9. The summed E-state index contributed by atoms with van der Waals surface area (Å²) < 4.78 is 13.5. The van der Waals surface area contributed by atoms with E-state index in [9.17, 15) is 9.90 Å². The molecule has 7 nitrogen and oxygen atoms in total. The molecule has 1 aliphatic carbocycles. The average Bonchev–Trinajstić information content (AvgIpc) is 3.48. The van der Waals surface area contributed by atoms with Crippen LogP contribution < -0.4 is 4.74 Å². The molecule has 1 N–H and O–H groups in total. The number of imidazole rings is 1. The summed E-state index contributed by atoms with van der Waals surface area (Å²) in [6, 6.07) is 29.8. The average molecular weight is 632 g/mol. The standard InChI is InChI=1S/C38H34ClN3O4/c1-45-19-20-46-30-14-15-31(24-7-12-28(39)13-8-24)32(23-30)34-17-9-25-21-26(10-16-33(25)40-34)37-41-35-22-27(38(43)44)11-18-36(35)42(37)29-5-3-2-4-6-29/h7-18,21-23,29H,2-6,19-20H2,1H3,(H,43,44). The third kappa shape index (κ3) is 5.96. The quantitative estimate of drug-likeness (QED) is 0.160. The van der Waals surface area contributed by atoms with Crippen molar-refractivity contribution in [3.8, 4) is 39.5 Å². The molecule has 7 rings (SSSR count). The zero-order chi connectivity index (χ0) is 31.6. The fraction of sp³-hybridized carbons (Fsp3) is 0.237. The van der Waals surface area contributed by atoms with E-state index in [2.05, 4.69) is 28.8 Å². The zero-order valence-corrected chi connectivity index (χ0v) is 26.3. The number of ether oxygens (including phenoxy) is 2. The van der Waals surface area contributed by atoms with Crippen LogP contribution in [0.15, 0.2) is 91.0 Å². The number of carbonyl (C=O) groups is 1. The van der Waals surface area contributed by atoms with Crippen LogP contribution in [0, 0.1) is 0 Å². The molecule has 6 aromatic rings. The highest BCUT2D eigenvalue weighted by Gasteiger charge is 2.23. The molecule has 0 amide bonds. The first-order chi connectivity index (χ1) is 22.5. The van der Waals surface area contributed by atoms with Gasteiger partial charge in [-0.3, -0.25) is 0 Å². The molecule has 8 heteroatoms. The summed E-state index contributed by atoms with van der Waals surface area (Å²) in [5, 5.41) is 11.3. The van der Waals surface area contributed by atoms with E-state index in [1.165, 1.54) is 19.3 Å². The molecule has 232 valence electrons. The Kier molecular flexibility index (Phi) is 8.43. The van der Waals surface area contributed by atoms with Gasteiger partial charge in [0, 0.05) is 34.7 Å². The number of benzene rings is 4. The molecule has 0 saturated heterocycles. The van der Waals surface area contributed by atoms with Gasteiger partial charge in [0.05, 0.1) is 34.4 Å². The molecule has 0 unspecified atom stereocenters. The van der Waals surface area contributed by atoms with Crippen LogP contribution >= 0.6 is 11.6 Å². The van der Waals surface area contributed by atoms with E-state index in [1.807, 2.05) is 54.6 Å². The van der Waals surface area contributed by atoms with Crippen LogP contribution in [0.25, 0.3) is 55.7 Å². The van der Waals surface area contributed by atoms with Crippen molar-refractivity contribution >= 4 is 39.5 Å². The molecule has 4 aromatic carbocycles. The van der Waals surface area contributed by atoms with E-state index < -0.39 is 5.97 Å². The van der Waals surface area contributed by atoms with Crippen LogP contribution in [0.5, 0.6) is 5.75 Å². The van der Waals surface area contributed by atoms with Crippen molar-refractivity contribution in [3.05, 3.63) is 102 Å². The van der Waals surface area contributed by atoms with Crippen molar-refractivity contribution in [2.75, 3.05) is 20.3 Å². The third-order valence-electron chi connectivity index (χ3n) is 8.80. The van der Waals surface area contributed by atoms with Gasteiger partial charge in [-0.05, 0) is 90.7 Å². The summed E-state index contributed by atoms with van der Waals surface area (Å²) in [7, 11) is 1.66. The lowest BCUT2D eigenvalue weighted by Gasteiger charge is -2.25. The highest BCUT2D eigenvalue weighted by Crippen LogP contribution is 2.38. The lowest BCUT2D eigenvalue weighted by atomic mass is 9.94. The Morgan fingerprint density at radius 1 is 0.826 bits per heavy atom. The molecule has 0 atom stereocenters. The SMILES string of the molecule is COCCOc1ccc(-c2ccc(Cl)cc2)c(-c2ccc3cc(-c4nc5cc(C(=O)O)ccc5n4C4CCCCC4)ccc3n2)c1. The monoisotopic (exact) mass is 631 g/mol. The molecule has 0 bridgehead atoms. The maximum atomic E-state index is 11.7. The van der Waals surface area contributed by atoms with Gasteiger partial charge in [0.2, 0.25) is 0 Å². The Balaban J connectivity index is 1.31. The number of rotatable bonds is 9. The number of hydrogen-bond donors (Lipinski definition) is 1. The number of halogens is 1. The van der Waals surface area contributed by atoms with Crippen LogP contribution in [0.1, 0.15) is 48.5 Å². The lowest BCUT2D eigenvalue weighted by molar-refractivity contribution is 0.0697. The predicted octanol–water partition coefficient (Wildman–Crippen LogP) is 9.47. The number of fused-ring (bicyclic) bond motifs is 2. The molecule has 2 aromatic heterocycles. The zero-order valence-electron chi connectivity index (χ0n) is 25.6.